The molecule has 11 nitrogen and oxygen atoms in total. The van der Waals surface area contributed by atoms with E-state index in [9.17, 15) is 28.8 Å². The maximum absolute atomic E-state index is 14.3. The summed E-state index contributed by atoms with van der Waals surface area (Å²) >= 11 is 0. The zero-order chi connectivity index (χ0) is 33.7. The maximum atomic E-state index is 14.3. The van der Waals surface area contributed by atoms with Gasteiger partial charge in [-0.25, -0.2) is 4.79 Å². The van der Waals surface area contributed by atoms with Crippen LogP contribution in [-0.4, -0.2) is 77.0 Å². The summed E-state index contributed by atoms with van der Waals surface area (Å²) in [4.78, 5) is 80.9. The summed E-state index contributed by atoms with van der Waals surface area (Å²) in [5.74, 6) is -2.68. The van der Waals surface area contributed by atoms with E-state index >= 15 is 0 Å². The van der Waals surface area contributed by atoms with E-state index in [0.29, 0.717) is 13.0 Å². The van der Waals surface area contributed by atoms with Gasteiger partial charge >= 0.3 is 6.03 Å². The van der Waals surface area contributed by atoms with Crippen molar-refractivity contribution < 1.29 is 28.8 Å². The molecular weight excluding hydrogens is 574 g/mol. The number of likely N-dealkylation sites (tertiary alicyclic amines) is 1. The molecule has 4 N–H and O–H groups in total. The number of urea groups is 1. The molecule has 3 fully saturated rings. The van der Waals surface area contributed by atoms with E-state index in [1.807, 2.05) is 34.6 Å². The van der Waals surface area contributed by atoms with Crippen LogP contribution in [0, 0.1) is 29.1 Å². The molecule has 0 bridgehead atoms. The van der Waals surface area contributed by atoms with Crippen LogP contribution in [0.2, 0.25) is 0 Å². The van der Waals surface area contributed by atoms with Crippen LogP contribution >= 0.6 is 0 Å². The van der Waals surface area contributed by atoms with Gasteiger partial charge < -0.3 is 26.2 Å². The van der Waals surface area contributed by atoms with E-state index in [-0.39, 0.29) is 60.2 Å². The molecule has 1 unspecified atom stereocenters. The lowest BCUT2D eigenvalue weighted by Gasteiger charge is -2.37. The van der Waals surface area contributed by atoms with E-state index < -0.39 is 47.3 Å². The van der Waals surface area contributed by atoms with E-state index in [2.05, 4.69) is 41.7 Å². The van der Waals surface area contributed by atoms with Gasteiger partial charge in [0.2, 0.25) is 17.6 Å². The van der Waals surface area contributed by atoms with Crippen LogP contribution in [0.1, 0.15) is 99.8 Å². The van der Waals surface area contributed by atoms with Gasteiger partial charge in [-0.15, -0.1) is 6.58 Å². The van der Waals surface area contributed by atoms with Crippen LogP contribution in [0.3, 0.4) is 0 Å². The van der Waals surface area contributed by atoms with Gasteiger partial charge in [0.15, 0.2) is 5.78 Å². The molecule has 0 radical (unpaired) electrons. The molecule has 0 aromatic heterocycles. The first-order valence-electron chi connectivity index (χ1n) is 16.6. The van der Waals surface area contributed by atoms with Crippen molar-refractivity contribution in [1.82, 2.24) is 26.2 Å². The minimum absolute atomic E-state index is 0.0466. The van der Waals surface area contributed by atoms with Crippen molar-refractivity contribution in [3.8, 4) is 0 Å². The summed E-state index contributed by atoms with van der Waals surface area (Å²) in [5, 5.41) is 11.0. The Morgan fingerprint density at radius 1 is 1.00 bits per heavy atom. The Kier molecular flexibility index (Phi) is 12.0. The Bertz CT molecular complexity index is 1150. The number of piperidine rings is 1. The lowest BCUT2D eigenvalue weighted by Crippen LogP contribution is -2.61. The molecule has 3 rings (SSSR count). The van der Waals surface area contributed by atoms with E-state index in [1.54, 1.807) is 11.0 Å². The van der Waals surface area contributed by atoms with Crippen LogP contribution < -0.4 is 21.3 Å². The molecule has 1 saturated heterocycles. The average molecular weight is 630 g/mol. The molecule has 0 spiro atoms. The number of hydrogen-bond acceptors (Lipinski definition) is 6. The number of carbonyl (C=O) groups is 6. The fraction of sp³-hybridized carbons (Fsp3) is 0.765. The van der Waals surface area contributed by atoms with Gasteiger partial charge in [-0.05, 0) is 75.5 Å². The van der Waals surface area contributed by atoms with Crippen molar-refractivity contribution >= 4 is 35.3 Å². The van der Waals surface area contributed by atoms with Crippen molar-refractivity contribution in [2.75, 3.05) is 13.1 Å². The standard InChI is InChI=1S/C34H55N5O6/c1-9-10-16-24(28(41)30(43)35-18-22(40)17-20(2)3)36-29(42)27-25-23(34(25,7)8)19-39(27)31(44)26(21-14-12-11-13-15-21)37-32(45)38-33(4,5)6/h9,20-21,23-27H,1,10-19H2,2-8H3,(H,35,43)(H,36,42)(H2,37,38,45)/t23-,24?,25-,26-,27-/m0/s1. The number of ketones is 2. The van der Waals surface area contributed by atoms with Gasteiger partial charge in [0.25, 0.3) is 5.91 Å². The van der Waals surface area contributed by atoms with Crippen LogP contribution in [0.25, 0.3) is 0 Å². The van der Waals surface area contributed by atoms with Crippen molar-refractivity contribution in [1.29, 1.82) is 0 Å². The third kappa shape index (κ3) is 9.39. The summed E-state index contributed by atoms with van der Waals surface area (Å²) in [7, 11) is 0. The van der Waals surface area contributed by atoms with Gasteiger partial charge in [-0.3, -0.25) is 24.0 Å². The van der Waals surface area contributed by atoms with Crippen molar-refractivity contribution in [2.24, 2.45) is 29.1 Å². The predicted octanol–water partition coefficient (Wildman–Crippen LogP) is 3.27. The number of nitrogens with zero attached hydrogens (tertiary/aromatic N) is 1. The molecule has 3 aliphatic rings. The second-order valence-electron chi connectivity index (χ2n) is 15.2. The fourth-order valence-corrected chi connectivity index (χ4v) is 7.12. The normalized spacial score (nSPS) is 23.7. The Balaban J connectivity index is 1.81. The molecule has 0 aromatic rings. The fourth-order valence-electron chi connectivity index (χ4n) is 7.12. The smallest absolute Gasteiger partial charge is 0.315 e. The quantitative estimate of drug-likeness (QED) is 0.171. The number of Topliss-reactive ketones (excluding diaryl/α,β-unsaturated/α-hetero) is 2. The summed E-state index contributed by atoms with van der Waals surface area (Å²) in [6.45, 7) is 17.4. The third-order valence-corrected chi connectivity index (χ3v) is 9.52. The molecule has 45 heavy (non-hydrogen) atoms. The van der Waals surface area contributed by atoms with E-state index in [4.69, 9.17) is 0 Å². The average Bonchev–Trinajstić information content (AvgIpc) is 3.27. The first-order chi connectivity index (χ1) is 21.0. The summed E-state index contributed by atoms with van der Waals surface area (Å²) in [6.07, 6.45) is 7.04. The number of fused-ring (bicyclic) bond motifs is 1. The highest BCUT2D eigenvalue weighted by molar-refractivity contribution is 6.38. The monoisotopic (exact) mass is 629 g/mol. The van der Waals surface area contributed by atoms with Gasteiger partial charge in [-0.1, -0.05) is 53.0 Å². The molecule has 2 saturated carbocycles. The third-order valence-electron chi connectivity index (χ3n) is 9.52. The largest absolute Gasteiger partial charge is 0.344 e. The first kappa shape index (κ1) is 36.2. The molecule has 252 valence electrons. The van der Waals surface area contributed by atoms with E-state index in [0.717, 1.165) is 32.1 Å². The SMILES string of the molecule is C=CCCC(NC(=O)[C@@H]1[C@@H]2[C@H](CN1C(=O)[C@@H](NC(=O)NC(C)(C)C)C1CCCCC1)C2(C)C)C(=O)C(=O)NCC(=O)CC(C)C. The zero-order valence-electron chi connectivity index (χ0n) is 28.3. The Labute approximate surface area is 268 Å². The zero-order valence-corrected chi connectivity index (χ0v) is 28.3. The number of carbonyl (C=O) groups excluding carboxylic acids is 6. The molecule has 5 amide bonds. The Hall–Kier alpha value is -3.24. The molecule has 2 aliphatic carbocycles. The molecule has 1 heterocycles. The summed E-state index contributed by atoms with van der Waals surface area (Å²) in [6, 6.07) is -3.19. The van der Waals surface area contributed by atoms with Gasteiger partial charge in [0.1, 0.15) is 12.1 Å². The molecule has 0 aromatic carbocycles. The minimum atomic E-state index is -1.14. The number of rotatable bonds is 14. The number of allylic oxidation sites excluding steroid dienone is 1. The van der Waals surface area contributed by atoms with Crippen LogP contribution in [0.4, 0.5) is 4.79 Å². The lowest BCUT2D eigenvalue weighted by atomic mass is 9.83. The van der Waals surface area contributed by atoms with Gasteiger partial charge in [0.05, 0.1) is 12.6 Å². The summed E-state index contributed by atoms with van der Waals surface area (Å²) in [5.41, 5.74) is -0.669. The van der Waals surface area contributed by atoms with Crippen molar-refractivity contribution in [3.05, 3.63) is 12.7 Å². The molecule has 5 atom stereocenters. The molecular formula is C34H55N5O6. The van der Waals surface area contributed by atoms with Crippen molar-refractivity contribution in [3.63, 3.8) is 0 Å². The first-order valence-corrected chi connectivity index (χ1v) is 16.6. The second-order valence-corrected chi connectivity index (χ2v) is 15.2. The maximum Gasteiger partial charge on any atom is 0.315 e. The summed E-state index contributed by atoms with van der Waals surface area (Å²) < 4.78 is 0. The Morgan fingerprint density at radius 2 is 1.64 bits per heavy atom. The Morgan fingerprint density at radius 3 is 2.22 bits per heavy atom. The number of amides is 5. The van der Waals surface area contributed by atoms with Crippen LogP contribution in [0.15, 0.2) is 12.7 Å². The topological polar surface area (TPSA) is 154 Å². The second kappa shape index (κ2) is 14.9. The highest BCUT2D eigenvalue weighted by atomic mass is 16.2. The van der Waals surface area contributed by atoms with Gasteiger partial charge in [0, 0.05) is 18.5 Å². The lowest BCUT2D eigenvalue weighted by molar-refractivity contribution is -0.145. The predicted molar refractivity (Wildman–Crippen MR) is 172 cm³/mol. The molecule has 11 heteroatoms. The van der Waals surface area contributed by atoms with Crippen molar-refractivity contribution in [2.45, 2.75) is 123 Å². The highest BCUT2D eigenvalue weighted by Gasteiger charge is 2.69. The molecule has 1 aliphatic heterocycles. The van der Waals surface area contributed by atoms with Crippen LogP contribution in [0.5, 0.6) is 0 Å². The van der Waals surface area contributed by atoms with Gasteiger partial charge in [-0.2, -0.15) is 0 Å². The minimum Gasteiger partial charge on any atom is -0.344 e. The van der Waals surface area contributed by atoms with E-state index in [1.165, 1.54) is 0 Å². The number of hydrogen-bond donors (Lipinski definition) is 4. The van der Waals surface area contributed by atoms with Crippen LogP contribution in [-0.2, 0) is 24.0 Å². The number of nitrogens with one attached hydrogen (secondary N) is 4. The highest BCUT2D eigenvalue weighted by Crippen LogP contribution is 2.65.